The van der Waals surface area contributed by atoms with Gasteiger partial charge in [-0.05, 0) is 25.8 Å². The van der Waals surface area contributed by atoms with E-state index in [0.717, 1.165) is 67.2 Å². The molecule has 0 aliphatic carbocycles. The number of aromatic nitrogens is 3. The van der Waals surface area contributed by atoms with Gasteiger partial charge in [0.2, 0.25) is 0 Å². The Hall–Kier alpha value is -3.71. The highest BCUT2D eigenvalue weighted by Crippen LogP contribution is 2.29. The number of nitrogen functional groups attached to an aromatic ring is 1. The average molecular weight is 477 g/mol. The molecular weight excluding hydrogens is 447 g/mol. The molecule has 1 atom stereocenters. The highest BCUT2D eigenvalue weighted by atomic mass is 19.1. The summed E-state index contributed by atoms with van der Waals surface area (Å²) in [6.45, 7) is 10.4. The molecule has 4 heterocycles. The van der Waals surface area contributed by atoms with Gasteiger partial charge < -0.3 is 15.2 Å². The molecule has 0 saturated carbocycles. The molecule has 1 fully saturated rings. The molecule has 1 aromatic carbocycles. The van der Waals surface area contributed by atoms with E-state index in [4.69, 9.17) is 10.3 Å². The van der Waals surface area contributed by atoms with Crippen LogP contribution in [0.4, 0.5) is 15.9 Å². The quantitative estimate of drug-likeness (QED) is 0.568. The average Bonchev–Trinajstić information content (AvgIpc) is 3.40. The van der Waals surface area contributed by atoms with Gasteiger partial charge >= 0.3 is 0 Å². The fourth-order valence-corrected chi connectivity index (χ4v) is 4.64. The van der Waals surface area contributed by atoms with E-state index in [1.54, 1.807) is 13.1 Å². The zero-order chi connectivity index (χ0) is 24.5. The number of aryl methyl sites for hydroxylation is 1. The largest absolute Gasteiger partial charge is 0.383 e. The van der Waals surface area contributed by atoms with Gasteiger partial charge in [0.05, 0.1) is 35.4 Å². The van der Waals surface area contributed by atoms with Gasteiger partial charge in [0.1, 0.15) is 17.3 Å². The number of halogens is 1. The minimum atomic E-state index is -0.280. The van der Waals surface area contributed by atoms with Crippen molar-refractivity contribution in [3.8, 4) is 11.8 Å². The Labute approximate surface area is 203 Å². The zero-order valence-corrected chi connectivity index (χ0v) is 20.3. The Bertz CT molecular complexity index is 1370. The predicted octanol–water partition coefficient (Wildman–Crippen LogP) is 3.08. The molecule has 3 aromatic rings. The van der Waals surface area contributed by atoms with E-state index in [0.29, 0.717) is 23.6 Å². The van der Waals surface area contributed by atoms with Crippen molar-refractivity contribution < 1.29 is 8.91 Å². The second-order valence-electron chi connectivity index (χ2n) is 9.08. The number of anilines is 2. The van der Waals surface area contributed by atoms with E-state index < -0.39 is 0 Å². The Morgan fingerprint density at radius 1 is 1.17 bits per heavy atom. The SMILES string of the molecule is CC#CC1=NN=C(c2cnn(CCN3CCN(c4cc5c(C)noc5cc4F)CC3)c2N)CC1C. The first-order chi connectivity index (χ1) is 16.9. The molecule has 10 heteroatoms. The number of fused-ring (bicyclic) bond motifs is 1. The molecule has 2 aromatic heterocycles. The monoisotopic (exact) mass is 476 g/mol. The fourth-order valence-electron chi connectivity index (χ4n) is 4.64. The molecule has 5 rings (SSSR count). The van der Waals surface area contributed by atoms with Crippen molar-refractivity contribution >= 4 is 33.9 Å². The molecule has 35 heavy (non-hydrogen) atoms. The molecule has 9 nitrogen and oxygen atoms in total. The summed E-state index contributed by atoms with van der Waals surface area (Å²) in [5.41, 5.74) is 10.8. The van der Waals surface area contributed by atoms with Gasteiger partial charge in [-0.3, -0.25) is 4.90 Å². The van der Waals surface area contributed by atoms with E-state index in [2.05, 4.69) is 49.0 Å². The van der Waals surface area contributed by atoms with Crippen LogP contribution in [0.3, 0.4) is 0 Å². The summed E-state index contributed by atoms with van der Waals surface area (Å²) in [5, 5.41) is 17.9. The molecule has 1 unspecified atom stereocenters. The molecule has 2 aliphatic rings. The van der Waals surface area contributed by atoms with Crippen LogP contribution in [0.25, 0.3) is 11.0 Å². The maximum atomic E-state index is 14.7. The molecule has 0 radical (unpaired) electrons. The lowest BCUT2D eigenvalue weighted by Crippen LogP contribution is -2.47. The number of hydrogen-bond donors (Lipinski definition) is 1. The second kappa shape index (κ2) is 9.50. The van der Waals surface area contributed by atoms with Crippen LogP contribution in [0.2, 0.25) is 0 Å². The van der Waals surface area contributed by atoms with Gasteiger partial charge in [-0.2, -0.15) is 10.2 Å². The number of nitrogens with two attached hydrogens (primary N) is 1. The van der Waals surface area contributed by atoms with Crippen LogP contribution in [0, 0.1) is 30.5 Å². The standard InChI is InChI=1S/C25H29FN8O/c1-4-5-21-16(2)12-22(30-29-21)19-15-28-34(25(19)27)11-8-32-6-9-33(10-7-32)23-13-18-17(3)31-35-24(18)14-20(23)26/h13-16H,6-12,27H2,1-3H3. The van der Waals surface area contributed by atoms with Crippen molar-refractivity contribution in [1.29, 1.82) is 0 Å². The highest BCUT2D eigenvalue weighted by Gasteiger charge is 2.24. The van der Waals surface area contributed by atoms with E-state index in [-0.39, 0.29) is 11.7 Å². The van der Waals surface area contributed by atoms with Crippen LogP contribution in [0.1, 0.15) is 31.5 Å². The van der Waals surface area contributed by atoms with Crippen LogP contribution in [-0.2, 0) is 6.54 Å². The van der Waals surface area contributed by atoms with Crippen molar-refractivity contribution in [3.05, 3.63) is 35.4 Å². The fraction of sp³-hybridized carbons (Fsp3) is 0.440. The number of piperazine rings is 1. The summed E-state index contributed by atoms with van der Waals surface area (Å²) in [4.78, 5) is 4.43. The van der Waals surface area contributed by atoms with E-state index >= 15 is 0 Å². The third-order valence-electron chi connectivity index (χ3n) is 6.75. The topological polar surface area (TPSA) is 101 Å². The maximum Gasteiger partial charge on any atom is 0.170 e. The molecule has 182 valence electrons. The third-order valence-corrected chi connectivity index (χ3v) is 6.75. The minimum Gasteiger partial charge on any atom is -0.383 e. The maximum absolute atomic E-state index is 14.7. The smallest absolute Gasteiger partial charge is 0.170 e. The lowest BCUT2D eigenvalue weighted by Gasteiger charge is -2.36. The molecule has 0 bridgehead atoms. The third kappa shape index (κ3) is 4.51. The molecule has 0 amide bonds. The molecule has 2 N–H and O–H groups in total. The Balaban J connectivity index is 1.19. The van der Waals surface area contributed by atoms with Gasteiger partial charge in [0.15, 0.2) is 5.58 Å². The van der Waals surface area contributed by atoms with Gasteiger partial charge in [-0.15, -0.1) is 5.10 Å². The first-order valence-electron chi connectivity index (χ1n) is 11.9. The molecular formula is C25H29FN8O. The van der Waals surface area contributed by atoms with Crippen LogP contribution >= 0.6 is 0 Å². The summed E-state index contributed by atoms with van der Waals surface area (Å²) < 4.78 is 21.7. The Morgan fingerprint density at radius 3 is 2.71 bits per heavy atom. The summed E-state index contributed by atoms with van der Waals surface area (Å²) >= 11 is 0. The van der Waals surface area contributed by atoms with Crippen molar-refractivity contribution in [2.45, 2.75) is 33.7 Å². The van der Waals surface area contributed by atoms with Crippen molar-refractivity contribution in [3.63, 3.8) is 0 Å². The molecule has 1 saturated heterocycles. The number of hydrogen-bond acceptors (Lipinski definition) is 8. The number of nitrogens with zero attached hydrogens (tertiary/aromatic N) is 7. The van der Waals surface area contributed by atoms with E-state index in [1.807, 2.05) is 17.7 Å². The van der Waals surface area contributed by atoms with Gasteiger partial charge in [0.25, 0.3) is 0 Å². The summed E-state index contributed by atoms with van der Waals surface area (Å²) in [7, 11) is 0. The van der Waals surface area contributed by atoms with Crippen LogP contribution < -0.4 is 10.6 Å². The Kier molecular flexibility index (Phi) is 6.26. The number of rotatable bonds is 5. The lowest BCUT2D eigenvalue weighted by molar-refractivity contribution is 0.244. The van der Waals surface area contributed by atoms with Gasteiger partial charge in [-0.1, -0.05) is 18.0 Å². The normalized spacial score (nSPS) is 18.9. The highest BCUT2D eigenvalue weighted by molar-refractivity contribution is 6.11. The van der Waals surface area contributed by atoms with Crippen molar-refractivity contribution in [1.82, 2.24) is 19.8 Å². The first-order valence-corrected chi connectivity index (χ1v) is 11.9. The Morgan fingerprint density at radius 2 is 1.97 bits per heavy atom. The van der Waals surface area contributed by atoms with Crippen LogP contribution in [0.15, 0.2) is 33.1 Å². The van der Waals surface area contributed by atoms with Gasteiger partial charge in [0, 0.05) is 56.5 Å². The second-order valence-corrected chi connectivity index (χ2v) is 9.08. The van der Waals surface area contributed by atoms with Crippen LogP contribution in [-0.4, -0.2) is 64.0 Å². The first kappa shape index (κ1) is 23.1. The van der Waals surface area contributed by atoms with E-state index in [9.17, 15) is 4.39 Å². The predicted molar refractivity (Wildman–Crippen MR) is 135 cm³/mol. The van der Waals surface area contributed by atoms with E-state index in [1.165, 1.54) is 6.07 Å². The molecule has 0 spiro atoms. The number of benzene rings is 1. The lowest BCUT2D eigenvalue weighted by atomic mass is 9.95. The van der Waals surface area contributed by atoms with Crippen LogP contribution in [0.5, 0.6) is 0 Å². The minimum absolute atomic E-state index is 0.202. The van der Waals surface area contributed by atoms with Crippen molar-refractivity contribution in [2.75, 3.05) is 43.4 Å². The summed E-state index contributed by atoms with van der Waals surface area (Å²) in [6, 6.07) is 3.27. The summed E-state index contributed by atoms with van der Waals surface area (Å²) in [6.07, 6.45) is 2.51. The summed E-state index contributed by atoms with van der Waals surface area (Å²) in [5.74, 6) is 6.42. The van der Waals surface area contributed by atoms with Crippen molar-refractivity contribution in [2.24, 2.45) is 16.1 Å². The zero-order valence-electron chi connectivity index (χ0n) is 20.3. The van der Waals surface area contributed by atoms with Gasteiger partial charge in [-0.25, -0.2) is 9.07 Å². The molecule has 2 aliphatic heterocycles.